The Morgan fingerprint density at radius 2 is 2.35 bits per heavy atom. The van der Waals surface area contributed by atoms with Gasteiger partial charge in [0.1, 0.15) is 5.82 Å². The standard InChI is InChI=1S/C12H17N5/c1-2-7-13-10(4-1)5-6-11-15-16-12-14-8-3-9-17(11)12/h3,8-10,13H,1-2,4-7H2. The summed E-state index contributed by atoms with van der Waals surface area (Å²) in [4.78, 5) is 4.17. The molecular formula is C12H17N5. The van der Waals surface area contributed by atoms with E-state index in [-0.39, 0.29) is 0 Å². The summed E-state index contributed by atoms with van der Waals surface area (Å²) in [7, 11) is 0. The van der Waals surface area contributed by atoms with Gasteiger partial charge in [-0.15, -0.1) is 10.2 Å². The fraction of sp³-hybridized carbons (Fsp3) is 0.583. The number of rotatable bonds is 3. The third kappa shape index (κ3) is 2.29. The summed E-state index contributed by atoms with van der Waals surface area (Å²) in [6, 6.07) is 2.56. The molecule has 1 aliphatic rings. The van der Waals surface area contributed by atoms with Gasteiger partial charge < -0.3 is 5.32 Å². The second-order valence-corrected chi connectivity index (χ2v) is 4.59. The molecule has 1 N–H and O–H groups in total. The lowest BCUT2D eigenvalue weighted by atomic mass is 10.0. The van der Waals surface area contributed by atoms with Gasteiger partial charge in [-0.05, 0) is 31.9 Å². The van der Waals surface area contributed by atoms with Crippen molar-refractivity contribution in [2.24, 2.45) is 0 Å². The molecule has 1 atom stereocenters. The zero-order chi connectivity index (χ0) is 11.5. The first-order valence-corrected chi connectivity index (χ1v) is 6.31. The van der Waals surface area contributed by atoms with Gasteiger partial charge in [0.15, 0.2) is 0 Å². The van der Waals surface area contributed by atoms with E-state index < -0.39 is 0 Å². The summed E-state index contributed by atoms with van der Waals surface area (Å²) in [5.74, 6) is 1.71. The van der Waals surface area contributed by atoms with Gasteiger partial charge >= 0.3 is 0 Å². The van der Waals surface area contributed by atoms with Crippen molar-refractivity contribution < 1.29 is 0 Å². The predicted octanol–water partition coefficient (Wildman–Crippen LogP) is 1.20. The molecule has 0 bridgehead atoms. The van der Waals surface area contributed by atoms with E-state index in [1.165, 1.54) is 19.3 Å². The van der Waals surface area contributed by atoms with Crippen LogP contribution in [0.3, 0.4) is 0 Å². The number of aromatic nitrogens is 4. The molecule has 1 unspecified atom stereocenters. The predicted molar refractivity (Wildman–Crippen MR) is 64.7 cm³/mol. The van der Waals surface area contributed by atoms with Gasteiger partial charge in [0.25, 0.3) is 5.78 Å². The Morgan fingerprint density at radius 3 is 3.24 bits per heavy atom. The van der Waals surface area contributed by atoms with Gasteiger partial charge in [-0.2, -0.15) is 0 Å². The fourth-order valence-corrected chi connectivity index (χ4v) is 2.43. The van der Waals surface area contributed by atoms with E-state index in [1.54, 1.807) is 6.20 Å². The van der Waals surface area contributed by atoms with Crippen LogP contribution in [-0.4, -0.2) is 32.2 Å². The van der Waals surface area contributed by atoms with E-state index in [1.807, 2.05) is 16.7 Å². The van der Waals surface area contributed by atoms with Gasteiger partial charge in [0, 0.05) is 24.9 Å². The summed E-state index contributed by atoms with van der Waals surface area (Å²) in [5, 5.41) is 11.8. The van der Waals surface area contributed by atoms with Crippen LogP contribution in [0.2, 0.25) is 0 Å². The highest BCUT2D eigenvalue weighted by atomic mass is 15.3. The van der Waals surface area contributed by atoms with Crippen molar-refractivity contribution in [2.45, 2.75) is 38.1 Å². The molecule has 5 nitrogen and oxygen atoms in total. The normalized spacial score (nSPS) is 20.8. The number of nitrogens with zero attached hydrogens (tertiary/aromatic N) is 4. The number of piperidine rings is 1. The number of aryl methyl sites for hydroxylation is 1. The summed E-state index contributed by atoms with van der Waals surface area (Å²) in [5.41, 5.74) is 0. The highest BCUT2D eigenvalue weighted by Crippen LogP contribution is 2.12. The minimum atomic E-state index is 0.646. The van der Waals surface area contributed by atoms with E-state index in [2.05, 4.69) is 20.5 Å². The lowest BCUT2D eigenvalue weighted by Gasteiger charge is -2.22. The molecule has 0 aromatic carbocycles. The highest BCUT2D eigenvalue weighted by Gasteiger charge is 2.14. The lowest BCUT2D eigenvalue weighted by Crippen LogP contribution is -2.34. The second kappa shape index (κ2) is 4.79. The molecule has 2 aromatic rings. The number of fused-ring (bicyclic) bond motifs is 1. The summed E-state index contributed by atoms with van der Waals surface area (Å²) in [6.45, 7) is 1.16. The second-order valence-electron chi connectivity index (χ2n) is 4.59. The minimum absolute atomic E-state index is 0.646. The molecule has 5 heteroatoms. The van der Waals surface area contributed by atoms with Gasteiger partial charge in [-0.1, -0.05) is 6.42 Å². The van der Waals surface area contributed by atoms with Gasteiger partial charge in [-0.3, -0.25) is 4.40 Å². The monoisotopic (exact) mass is 231 g/mol. The van der Waals surface area contributed by atoms with Gasteiger partial charge in [0.05, 0.1) is 0 Å². The summed E-state index contributed by atoms with van der Waals surface area (Å²) in [6.07, 6.45) is 9.77. The Morgan fingerprint density at radius 1 is 1.35 bits per heavy atom. The molecule has 17 heavy (non-hydrogen) atoms. The van der Waals surface area contributed by atoms with Crippen LogP contribution in [0.25, 0.3) is 5.78 Å². The molecular weight excluding hydrogens is 214 g/mol. The first-order chi connectivity index (χ1) is 8.43. The van der Waals surface area contributed by atoms with E-state index in [9.17, 15) is 0 Å². The maximum Gasteiger partial charge on any atom is 0.254 e. The van der Waals surface area contributed by atoms with E-state index >= 15 is 0 Å². The quantitative estimate of drug-likeness (QED) is 0.862. The van der Waals surface area contributed by atoms with Crippen molar-refractivity contribution in [3.63, 3.8) is 0 Å². The van der Waals surface area contributed by atoms with Crippen LogP contribution in [0.4, 0.5) is 0 Å². The molecule has 0 saturated carbocycles. The first-order valence-electron chi connectivity index (χ1n) is 6.31. The number of nitrogens with one attached hydrogen (secondary N) is 1. The molecule has 1 aliphatic heterocycles. The van der Waals surface area contributed by atoms with Crippen LogP contribution in [0.15, 0.2) is 18.5 Å². The van der Waals surface area contributed by atoms with Crippen molar-refractivity contribution in [3.8, 4) is 0 Å². The van der Waals surface area contributed by atoms with E-state index in [0.717, 1.165) is 25.2 Å². The molecule has 1 saturated heterocycles. The fourth-order valence-electron chi connectivity index (χ4n) is 2.43. The van der Waals surface area contributed by atoms with Crippen molar-refractivity contribution >= 4 is 5.78 Å². The third-order valence-corrected chi connectivity index (χ3v) is 3.39. The number of hydrogen-bond acceptors (Lipinski definition) is 4. The molecule has 0 aliphatic carbocycles. The van der Waals surface area contributed by atoms with Crippen LogP contribution >= 0.6 is 0 Å². The maximum atomic E-state index is 4.20. The van der Waals surface area contributed by atoms with Crippen LogP contribution < -0.4 is 5.32 Å². The Hall–Kier alpha value is -1.49. The largest absolute Gasteiger partial charge is 0.314 e. The Bertz CT molecular complexity index is 486. The third-order valence-electron chi connectivity index (χ3n) is 3.39. The van der Waals surface area contributed by atoms with Gasteiger partial charge in [-0.25, -0.2) is 4.98 Å². The molecule has 90 valence electrons. The SMILES string of the molecule is c1cnc2nnc(CCC3CCCCN3)n2c1. The zero-order valence-corrected chi connectivity index (χ0v) is 9.84. The van der Waals surface area contributed by atoms with Crippen molar-refractivity contribution in [1.82, 2.24) is 24.9 Å². The van der Waals surface area contributed by atoms with Crippen LogP contribution in [-0.2, 0) is 6.42 Å². The van der Waals surface area contributed by atoms with E-state index in [0.29, 0.717) is 11.8 Å². The molecule has 3 rings (SSSR count). The lowest BCUT2D eigenvalue weighted by molar-refractivity contribution is 0.380. The average molecular weight is 231 g/mol. The Kier molecular flexibility index (Phi) is 3.00. The van der Waals surface area contributed by atoms with Crippen molar-refractivity contribution in [3.05, 3.63) is 24.3 Å². The maximum absolute atomic E-state index is 4.20. The minimum Gasteiger partial charge on any atom is -0.314 e. The van der Waals surface area contributed by atoms with Crippen LogP contribution in [0.1, 0.15) is 31.5 Å². The highest BCUT2D eigenvalue weighted by molar-refractivity contribution is 5.26. The molecule has 1 fully saturated rings. The van der Waals surface area contributed by atoms with Crippen LogP contribution in [0.5, 0.6) is 0 Å². The summed E-state index contributed by atoms with van der Waals surface area (Å²) >= 11 is 0. The Balaban J connectivity index is 1.68. The topological polar surface area (TPSA) is 55.1 Å². The average Bonchev–Trinajstić information content (AvgIpc) is 2.81. The molecule has 0 amide bonds. The van der Waals surface area contributed by atoms with Gasteiger partial charge in [0.2, 0.25) is 0 Å². The van der Waals surface area contributed by atoms with Crippen molar-refractivity contribution in [1.29, 1.82) is 0 Å². The van der Waals surface area contributed by atoms with Crippen molar-refractivity contribution in [2.75, 3.05) is 6.54 Å². The summed E-state index contributed by atoms with van der Waals surface area (Å²) < 4.78 is 1.98. The molecule has 2 aromatic heterocycles. The van der Waals surface area contributed by atoms with E-state index in [4.69, 9.17) is 0 Å². The first kappa shape index (κ1) is 10.7. The smallest absolute Gasteiger partial charge is 0.254 e. The van der Waals surface area contributed by atoms with Crippen LogP contribution in [0, 0.1) is 0 Å². The number of hydrogen-bond donors (Lipinski definition) is 1. The zero-order valence-electron chi connectivity index (χ0n) is 9.84. The molecule has 0 spiro atoms. The molecule has 0 radical (unpaired) electrons. The Labute approximate surface area is 100 Å². The molecule has 3 heterocycles.